The Balaban J connectivity index is 0.00000324. The Morgan fingerprint density at radius 1 is 1.18 bits per heavy atom. The molecule has 34 heavy (non-hydrogen) atoms. The summed E-state index contributed by atoms with van der Waals surface area (Å²) in [5.41, 5.74) is 4.29. The molecule has 2 aliphatic rings. The number of halogens is 1. The first kappa shape index (κ1) is 26.0. The van der Waals surface area contributed by atoms with E-state index in [9.17, 15) is 9.59 Å². The molecule has 2 aliphatic heterocycles. The van der Waals surface area contributed by atoms with Crippen molar-refractivity contribution in [2.75, 3.05) is 45.2 Å². The topological polar surface area (TPSA) is 77.0 Å². The second-order valence-electron chi connectivity index (χ2n) is 8.64. The van der Waals surface area contributed by atoms with Crippen LogP contribution in [-0.2, 0) is 11.2 Å². The summed E-state index contributed by atoms with van der Waals surface area (Å²) in [6.45, 7) is 3.28. The molecule has 0 aromatic heterocycles. The van der Waals surface area contributed by atoms with Crippen LogP contribution in [0, 0.1) is 0 Å². The first-order chi connectivity index (χ1) is 16.1. The van der Waals surface area contributed by atoms with Crippen LogP contribution in [0.4, 0.5) is 5.69 Å². The van der Waals surface area contributed by atoms with Crippen LogP contribution in [0.3, 0.4) is 0 Å². The minimum atomic E-state index is -0.0732. The second kappa shape index (κ2) is 12.2. The van der Waals surface area contributed by atoms with Gasteiger partial charge in [0.15, 0.2) is 5.96 Å². The average Bonchev–Trinajstić information content (AvgIpc) is 3.43. The fourth-order valence-electron chi connectivity index (χ4n) is 4.82. The van der Waals surface area contributed by atoms with E-state index < -0.39 is 0 Å². The summed E-state index contributed by atoms with van der Waals surface area (Å²) in [5, 5.41) is 6.17. The molecule has 0 saturated carbocycles. The molecule has 2 aromatic carbocycles. The largest absolute Gasteiger partial charge is 0.356 e. The lowest BCUT2D eigenvalue weighted by molar-refractivity contribution is -0.127. The molecule has 4 rings (SSSR count). The Bertz CT molecular complexity index is 1040. The van der Waals surface area contributed by atoms with E-state index >= 15 is 0 Å². The summed E-state index contributed by atoms with van der Waals surface area (Å²) in [5.74, 6) is 1.44. The van der Waals surface area contributed by atoms with Gasteiger partial charge in [-0.3, -0.25) is 14.6 Å². The number of guanidine groups is 1. The maximum Gasteiger partial charge on any atom is 0.251 e. The van der Waals surface area contributed by atoms with Crippen LogP contribution in [0.5, 0.6) is 0 Å². The number of fused-ring (bicyclic) bond motifs is 1. The van der Waals surface area contributed by atoms with E-state index in [1.54, 1.807) is 7.05 Å². The van der Waals surface area contributed by atoms with Gasteiger partial charge < -0.3 is 20.4 Å². The molecular weight excluding hydrogens is 541 g/mol. The number of rotatable bonds is 7. The lowest BCUT2D eigenvalue weighted by atomic mass is 9.98. The van der Waals surface area contributed by atoms with Crippen LogP contribution in [0.25, 0.3) is 0 Å². The zero-order valence-corrected chi connectivity index (χ0v) is 22.2. The third-order valence-electron chi connectivity index (χ3n) is 6.57. The van der Waals surface area contributed by atoms with Crippen molar-refractivity contribution in [2.45, 2.75) is 31.6 Å². The molecule has 2 amide bonds. The highest BCUT2D eigenvalue weighted by Crippen LogP contribution is 2.38. The number of nitrogens with zero attached hydrogens (tertiary/aromatic N) is 3. The van der Waals surface area contributed by atoms with E-state index in [0.29, 0.717) is 17.9 Å². The third kappa shape index (κ3) is 5.89. The monoisotopic (exact) mass is 575 g/mol. The zero-order chi connectivity index (χ0) is 23.2. The molecule has 0 radical (unpaired) electrons. The number of para-hydroxylation sites is 1. The van der Waals surface area contributed by atoms with Gasteiger partial charge in [0.1, 0.15) is 0 Å². The standard InChI is InChI=1S/C26H33N5O2.HI/c1-27-25(33)20-8-5-7-19(17-20)12-14-29-26(28-2)31-18-21(22-9-3-4-10-23(22)31)13-16-30-15-6-11-24(30)32;/h3-5,7-10,17,21H,6,11-16,18H2,1-2H3,(H,27,33)(H,28,29);1H. The number of anilines is 1. The van der Waals surface area contributed by atoms with Crippen molar-refractivity contribution in [2.24, 2.45) is 4.99 Å². The maximum atomic E-state index is 12.0. The van der Waals surface area contributed by atoms with Crippen LogP contribution >= 0.6 is 24.0 Å². The summed E-state index contributed by atoms with van der Waals surface area (Å²) in [6.07, 6.45) is 3.42. The van der Waals surface area contributed by atoms with Gasteiger partial charge in [0.25, 0.3) is 5.91 Å². The minimum Gasteiger partial charge on any atom is -0.356 e. The van der Waals surface area contributed by atoms with Gasteiger partial charge in [-0.05, 0) is 48.6 Å². The smallest absolute Gasteiger partial charge is 0.251 e. The van der Waals surface area contributed by atoms with Gasteiger partial charge in [0.05, 0.1) is 0 Å². The molecule has 1 atom stereocenters. The van der Waals surface area contributed by atoms with Gasteiger partial charge in [-0.25, -0.2) is 0 Å². The number of amides is 2. The van der Waals surface area contributed by atoms with Crippen molar-refractivity contribution in [3.63, 3.8) is 0 Å². The van der Waals surface area contributed by atoms with Crippen molar-refractivity contribution in [3.05, 3.63) is 65.2 Å². The minimum absolute atomic E-state index is 0. The predicted octanol–water partition coefficient (Wildman–Crippen LogP) is 3.40. The molecule has 0 bridgehead atoms. The van der Waals surface area contributed by atoms with Crippen LogP contribution in [0.15, 0.2) is 53.5 Å². The van der Waals surface area contributed by atoms with Crippen molar-refractivity contribution in [3.8, 4) is 0 Å². The van der Waals surface area contributed by atoms with E-state index in [0.717, 1.165) is 57.0 Å². The first-order valence-corrected chi connectivity index (χ1v) is 11.8. The van der Waals surface area contributed by atoms with E-state index in [4.69, 9.17) is 0 Å². The number of aliphatic imine (C=N–C) groups is 1. The molecule has 7 nitrogen and oxygen atoms in total. The predicted molar refractivity (Wildman–Crippen MR) is 147 cm³/mol. The number of hydrogen-bond donors (Lipinski definition) is 2. The van der Waals surface area contributed by atoms with Crippen LogP contribution in [0.2, 0.25) is 0 Å². The lowest BCUT2D eigenvalue weighted by Gasteiger charge is -2.23. The van der Waals surface area contributed by atoms with E-state index in [2.05, 4.69) is 44.8 Å². The van der Waals surface area contributed by atoms with Gasteiger partial charge in [0, 0.05) is 63.9 Å². The lowest BCUT2D eigenvalue weighted by Crippen LogP contribution is -2.42. The Morgan fingerprint density at radius 3 is 2.74 bits per heavy atom. The van der Waals surface area contributed by atoms with E-state index in [1.165, 1.54) is 11.3 Å². The maximum absolute atomic E-state index is 12.0. The molecular formula is C26H34IN5O2. The molecule has 2 aromatic rings. The summed E-state index contributed by atoms with van der Waals surface area (Å²) in [4.78, 5) is 32.7. The highest BCUT2D eigenvalue weighted by atomic mass is 127. The molecule has 2 heterocycles. The SMILES string of the molecule is CN=C(NCCc1cccc(C(=O)NC)c1)N1CC(CCN2CCCC2=O)c2ccccc21.I. The quantitative estimate of drug-likeness (QED) is 0.302. The summed E-state index contributed by atoms with van der Waals surface area (Å²) < 4.78 is 0. The zero-order valence-electron chi connectivity index (χ0n) is 19.9. The first-order valence-electron chi connectivity index (χ1n) is 11.8. The molecule has 8 heteroatoms. The molecule has 182 valence electrons. The number of likely N-dealkylation sites (tertiary alicyclic amines) is 1. The van der Waals surface area contributed by atoms with Crippen molar-refractivity contribution < 1.29 is 9.59 Å². The number of benzene rings is 2. The van der Waals surface area contributed by atoms with Crippen molar-refractivity contribution in [1.29, 1.82) is 0 Å². The third-order valence-corrected chi connectivity index (χ3v) is 6.57. The summed E-state index contributed by atoms with van der Waals surface area (Å²) in [6, 6.07) is 16.2. The van der Waals surface area contributed by atoms with E-state index in [1.807, 2.05) is 36.2 Å². The van der Waals surface area contributed by atoms with Gasteiger partial charge in [0.2, 0.25) is 5.91 Å². The molecule has 1 fully saturated rings. The Hall–Kier alpha value is -2.62. The average molecular weight is 575 g/mol. The van der Waals surface area contributed by atoms with Gasteiger partial charge in [-0.1, -0.05) is 30.3 Å². The highest BCUT2D eigenvalue weighted by molar-refractivity contribution is 14.0. The number of carbonyl (C=O) groups is 2. The Labute approximate surface area is 219 Å². The molecule has 0 spiro atoms. The molecule has 1 unspecified atom stereocenters. The highest BCUT2D eigenvalue weighted by Gasteiger charge is 2.32. The normalized spacial score (nSPS) is 17.4. The number of hydrogen-bond acceptors (Lipinski definition) is 3. The summed E-state index contributed by atoms with van der Waals surface area (Å²) in [7, 11) is 3.46. The fourth-order valence-corrected chi connectivity index (χ4v) is 4.82. The Morgan fingerprint density at radius 2 is 2.00 bits per heavy atom. The fraction of sp³-hybridized carbons (Fsp3) is 0.423. The molecule has 2 N–H and O–H groups in total. The van der Waals surface area contributed by atoms with Crippen molar-refractivity contribution >= 4 is 47.4 Å². The van der Waals surface area contributed by atoms with Crippen LogP contribution < -0.4 is 15.5 Å². The molecule has 1 saturated heterocycles. The molecule has 0 aliphatic carbocycles. The van der Waals surface area contributed by atoms with Gasteiger partial charge in [-0.2, -0.15) is 0 Å². The van der Waals surface area contributed by atoms with Crippen LogP contribution in [-0.4, -0.2) is 62.9 Å². The summed E-state index contributed by atoms with van der Waals surface area (Å²) >= 11 is 0. The second-order valence-corrected chi connectivity index (χ2v) is 8.64. The number of carbonyl (C=O) groups excluding carboxylic acids is 2. The van der Waals surface area contributed by atoms with Gasteiger partial charge in [-0.15, -0.1) is 24.0 Å². The van der Waals surface area contributed by atoms with Gasteiger partial charge >= 0.3 is 0 Å². The van der Waals surface area contributed by atoms with Crippen LogP contribution in [0.1, 0.15) is 46.7 Å². The Kier molecular flexibility index (Phi) is 9.32. The van der Waals surface area contributed by atoms with E-state index in [-0.39, 0.29) is 35.8 Å². The van der Waals surface area contributed by atoms with Crippen molar-refractivity contribution in [1.82, 2.24) is 15.5 Å². The number of nitrogens with one attached hydrogen (secondary N) is 2.